The Hall–Kier alpha value is -2.15. The fourth-order valence-corrected chi connectivity index (χ4v) is 7.17. The molecule has 4 rings (SSSR count). The monoisotopic (exact) mass is 529 g/mol. The molecule has 0 bridgehead atoms. The van der Waals surface area contributed by atoms with Crippen LogP contribution in [0.25, 0.3) is 0 Å². The van der Waals surface area contributed by atoms with Crippen molar-refractivity contribution < 1.29 is 4.74 Å². The Morgan fingerprint density at radius 2 is 1.50 bits per heavy atom. The minimum atomic E-state index is -0.00997. The maximum Gasteiger partial charge on any atom is 0.127 e. The zero-order valence-corrected chi connectivity index (χ0v) is 25.8. The molecule has 0 aromatic heterocycles. The topological polar surface area (TPSA) is 12.5 Å². The smallest absolute Gasteiger partial charge is 0.127 e. The van der Waals surface area contributed by atoms with E-state index in [0.29, 0.717) is 15.2 Å². The number of piperidine rings is 1. The van der Waals surface area contributed by atoms with Gasteiger partial charge in [-0.2, -0.15) is 0 Å². The summed E-state index contributed by atoms with van der Waals surface area (Å²) in [6, 6.07) is 22.5. The molecule has 2 atom stereocenters. The lowest BCUT2D eigenvalue weighted by Crippen LogP contribution is -2.31. The van der Waals surface area contributed by atoms with Gasteiger partial charge in [-0.05, 0) is 68.0 Å². The SMILES string of the molecule is CCC(C)(Pc1ccc(C)cc1CN1CCCCC1)c1cc(C)cc(C(C)(C)C)c1OCc1ccccc1. The molecule has 1 heterocycles. The van der Waals surface area contributed by atoms with Gasteiger partial charge in [0.2, 0.25) is 0 Å². The van der Waals surface area contributed by atoms with Gasteiger partial charge in [0.1, 0.15) is 12.4 Å². The second-order valence-electron chi connectivity index (χ2n) is 12.5. The van der Waals surface area contributed by atoms with Crippen LogP contribution in [0.15, 0.2) is 60.7 Å². The van der Waals surface area contributed by atoms with Crippen molar-refractivity contribution >= 4 is 13.9 Å². The van der Waals surface area contributed by atoms with E-state index in [9.17, 15) is 0 Å². The number of likely N-dealkylation sites (tertiary alicyclic amines) is 1. The fourth-order valence-electron chi connectivity index (χ4n) is 5.60. The normalized spacial score (nSPS) is 16.6. The molecule has 0 aliphatic carbocycles. The second-order valence-corrected chi connectivity index (χ2v) is 14.4. The van der Waals surface area contributed by atoms with Crippen molar-refractivity contribution in [3.05, 3.63) is 94.0 Å². The van der Waals surface area contributed by atoms with Crippen molar-refractivity contribution in [3.8, 4) is 5.75 Å². The molecule has 3 heteroatoms. The van der Waals surface area contributed by atoms with Gasteiger partial charge in [0, 0.05) is 22.8 Å². The molecule has 1 aliphatic rings. The standard InChI is InChI=1S/C35H48NOP/c1-8-35(7,38-32-18-17-26(2)21-29(32)24-36-19-13-10-14-20-36)31-23-27(3)22-30(34(4,5)6)33(31)37-25-28-15-11-9-12-16-28/h9,11-12,15-18,21-23,38H,8,10,13-14,19-20,24-25H2,1-7H3. The summed E-state index contributed by atoms with van der Waals surface area (Å²) in [7, 11) is 0.679. The minimum absolute atomic E-state index is 0.00612. The lowest BCUT2D eigenvalue weighted by Gasteiger charge is -2.35. The van der Waals surface area contributed by atoms with E-state index in [1.807, 2.05) is 0 Å². The first kappa shape index (κ1) is 28.8. The predicted molar refractivity (Wildman–Crippen MR) is 167 cm³/mol. The van der Waals surface area contributed by atoms with Crippen LogP contribution in [0.1, 0.15) is 93.7 Å². The maximum atomic E-state index is 6.79. The Morgan fingerprint density at radius 1 is 0.816 bits per heavy atom. The summed E-state index contributed by atoms with van der Waals surface area (Å²) in [6.45, 7) is 20.3. The van der Waals surface area contributed by atoms with Gasteiger partial charge in [-0.15, -0.1) is 0 Å². The van der Waals surface area contributed by atoms with Crippen LogP contribution in [-0.4, -0.2) is 18.0 Å². The summed E-state index contributed by atoms with van der Waals surface area (Å²) in [5, 5.41) is 1.50. The van der Waals surface area contributed by atoms with E-state index in [4.69, 9.17) is 4.74 Å². The number of rotatable bonds is 9. The lowest BCUT2D eigenvalue weighted by molar-refractivity contribution is 0.221. The molecule has 0 amide bonds. The molecular weight excluding hydrogens is 481 g/mol. The molecule has 3 aromatic carbocycles. The van der Waals surface area contributed by atoms with Gasteiger partial charge in [-0.25, -0.2) is 0 Å². The average Bonchev–Trinajstić information content (AvgIpc) is 2.89. The summed E-state index contributed by atoms with van der Waals surface area (Å²) in [5.41, 5.74) is 8.07. The molecule has 0 radical (unpaired) electrons. The van der Waals surface area contributed by atoms with Gasteiger partial charge in [-0.1, -0.05) is 121 Å². The quantitative estimate of drug-likeness (QED) is 0.257. The molecule has 1 saturated heterocycles. The molecule has 2 nitrogen and oxygen atoms in total. The van der Waals surface area contributed by atoms with E-state index in [1.165, 1.54) is 71.0 Å². The van der Waals surface area contributed by atoms with Crippen molar-refractivity contribution in [2.75, 3.05) is 13.1 Å². The van der Waals surface area contributed by atoms with Crippen LogP contribution in [0.3, 0.4) is 0 Å². The maximum absolute atomic E-state index is 6.79. The summed E-state index contributed by atoms with van der Waals surface area (Å²) in [6.07, 6.45) is 5.10. The average molecular weight is 530 g/mol. The lowest BCUT2D eigenvalue weighted by atomic mass is 9.81. The Balaban J connectivity index is 1.74. The molecule has 0 saturated carbocycles. The highest BCUT2D eigenvalue weighted by atomic mass is 31.1. The first-order valence-corrected chi connectivity index (χ1v) is 15.5. The van der Waals surface area contributed by atoms with E-state index in [-0.39, 0.29) is 10.6 Å². The van der Waals surface area contributed by atoms with Crippen molar-refractivity contribution in [3.63, 3.8) is 0 Å². The number of nitrogens with zero attached hydrogens (tertiary/aromatic N) is 1. The minimum Gasteiger partial charge on any atom is -0.488 e. The molecular formula is C35H48NOP. The van der Waals surface area contributed by atoms with Crippen molar-refractivity contribution in [1.82, 2.24) is 4.90 Å². The van der Waals surface area contributed by atoms with Gasteiger partial charge in [0.05, 0.1) is 0 Å². The van der Waals surface area contributed by atoms with E-state index in [0.717, 1.165) is 18.7 Å². The van der Waals surface area contributed by atoms with Gasteiger partial charge >= 0.3 is 0 Å². The van der Waals surface area contributed by atoms with Crippen LogP contribution in [0.5, 0.6) is 5.75 Å². The highest BCUT2D eigenvalue weighted by molar-refractivity contribution is 7.48. The highest BCUT2D eigenvalue weighted by Gasteiger charge is 2.33. The van der Waals surface area contributed by atoms with Gasteiger partial charge in [-0.3, -0.25) is 4.90 Å². The fraction of sp³-hybridized carbons (Fsp3) is 0.486. The molecule has 0 N–H and O–H groups in total. The van der Waals surface area contributed by atoms with Crippen LogP contribution >= 0.6 is 8.58 Å². The molecule has 3 aromatic rings. The Bertz CT molecular complexity index is 1210. The van der Waals surface area contributed by atoms with E-state index < -0.39 is 0 Å². The Labute approximate surface area is 234 Å². The van der Waals surface area contributed by atoms with Crippen LogP contribution in [0, 0.1) is 13.8 Å². The third-order valence-corrected chi connectivity index (χ3v) is 10.0. The Morgan fingerprint density at radius 3 is 2.16 bits per heavy atom. The van der Waals surface area contributed by atoms with Crippen LogP contribution in [0.4, 0.5) is 0 Å². The summed E-state index contributed by atoms with van der Waals surface area (Å²) >= 11 is 0. The summed E-state index contributed by atoms with van der Waals surface area (Å²) < 4.78 is 6.79. The van der Waals surface area contributed by atoms with Crippen molar-refractivity contribution in [2.45, 2.75) is 97.9 Å². The van der Waals surface area contributed by atoms with Crippen LogP contribution in [-0.2, 0) is 23.7 Å². The first-order valence-electron chi connectivity index (χ1n) is 14.5. The number of hydrogen-bond acceptors (Lipinski definition) is 2. The number of aryl methyl sites for hydroxylation is 2. The molecule has 204 valence electrons. The zero-order chi connectivity index (χ0) is 27.3. The molecule has 1 fully saturated rings. The largest absolute Gasteiger partial charge is 0.488 e. The molecule has 0 spiro atoms. The predicted octanol–water partition coefficient (Wildman–Crippen LogP) is 8.80. The molecule has 38 heavy (non-hydrogen) atoms. The summed E-state index contributed by atoms with van der Waals surface area (Å²) in [4.78, 5) is 2.66. The van der Waals surface area contributed by atoms with E-state index in [2.05, 4.69) is 114 Å². The first-order chi connectivity index (χ1) is 18.1. The van der Waals surface area contributed by atoms with E-state index >= 15 is 0 Å². The van der Waals surface area contributed by atoms with Crippen molar-refractivity contribution in [1.29, 1.82) is 0 Å². The number of hydrogen-bond donors (Lipinski definition) is 0. The summed E-state index contributed by atoms with van der Waals surface area (Å²) in [5.74, 6) is 1.09. The third-order valence-electron chi connectivity index (χ3n) is 8.08. The van der Waals surface area contributed by atoms with Crippen molar-refractivity contribution in [2.24, 2.45) is 0 Å². The molecule has 2 unspecified atom stereocenters. The third kappa shape index (κ3) is 7.08. The highest BCUT2D eigenvalue weighted by Crippen LogP contribution is 2.50. The van der Waals surface area contributed by atoms with Crippen LogP contribution in [0.2, 0.25) is 0 Å². The second kappa shape index (κ2) is 12.4. The number of ether oxygens (including phenoxy) is 1. The van der Waals surface area contributed by atoms with Gasteiger partial charge in [0.15, 0.2) is 0 Å². The van der Waals surface area contributed by atoms with Gasteiger partial charge in [0.25, 0.3) is 0 Å². The molecule has 1 aliphatic heterocycles. The Kier molecular flexibility index (Phi) is 9.38. The number of benzene rings is 3. The van der Waals surface area contributed by atoms with Gasteiger partial charge < -0.3 is 4.74 Å². The van der Waals surface area contributed by atoms with Crippen LogP contribution < -0.4 is 10.0 Å². The van der Waals surface area contributed by atoms with E-state index in [1.54, 1.807) is 0 Å². The zero-order valence-electron chi connectivity index (χ0n) is 24.8.